The van der Waals surface area contributed by atoms with E-state index in [4.69, 9.17) is 4.74 Å². The van der Waals surface area contributed by atoms with E-state index in [1.54, 1.807) is 7.11 Å². The number of carbonyl (C=O) groups is 1. The van der Waals surface area contributed by atoms with Gasteiger partial charge in [-0.2, -0.15) is 5.10 Å². The van der Waals surface area contributed by atoms with Crippen LogP contribution >= 0.6 is 0 Å². The summed E-state index contributed by atoms with van der Waals surface area (Å²) in [5, 5.41) is 4.62. The van der Waals surface area contributed by atoms with Crippen molar-refractivity contribution in [2.24, 2.45) is 5.92 Å². The minimum absolute atomic E-state index is 0.251. The Balaban J connectivity index is 1.31. The number of carbonyl (C=O) groups excluding carboxylic acids is 1. The Labute approximate surface area is 182 Å². The fourth-order valence-corrected chi connectivity index (χ4v) is 6.04. The summed E-state index contributed by atoms with van der Waals surface area (Å²) in [4.78, 5) is 18.3. The lowest BCUT2D eigenvalue weighted by Gasteiger charge is -2.33. The van der Waals surface area contributed by atoms with Crippen LogP contribution in [0, 0.1) is 5.92 Å². The van der Waals surface area contributed by atoms with Gasteiger partial charge in [0.2, 0.25) is 5.91 Å². The number of aromatic nitrogens is 2. The molecule has 3 aromatic rings. The third-order valence-electron chi connectivity index (χ3n) is 7.42. The quantitative estimate of drug-likeness (QED) is 0.651. The van der Waals surface area contributed by atoms with E-state index in [0.29, 0.717) is 5.92 Å². The Hall–Kier alpha value is -3.12. The van der Waals surface area contributed by atoms with Gasteiger partial charge in [-0.25, -0.2) is 4.68 Å². The molecule has 0 saturated carbocycles. The highest BCUT2D eigenvalue weighted by molar-refractivity contribution is 6.04. The van der Waals surface area contributed by atoms with Gasteiger partial charge in [0.1, 0.15) is 11.3 Å². The molecule has 0 bridgehead atoms. The Kier molecular flexibility index (Phi) is 4.18. The molecule has 3 aliphatic rings. The molecule has 158 valence electrons. The second-order valence-electron chi connectivity index (χ2n) is 8.84. The Bertz CT molecular complexity index is 1130. The number of rotatable bonds is 4. The zero-order valence-electron chi connectivity index (χ0n) is 17.6. The first-order valence-electron chi connectivity index (χ1n) is 11.0. The second-order valence-corrected chi connectivity index (χ2v) is 8.84. The van der Waals surface area contributed by atoms with Gasteiger partial charge in [-0.1, -0.05) is 24.3 Å². The minimum atomic E-state index is -0.372. The molecule has 6 heteroatoms. The largest absolute Gasteiger partial charge is 0.497 e. The molecule has 2 aromatic carbocycles. The molecule has 1 spiro atoms. The van der Waals surface area contributed by atoms with Gasteiger partial charge in [0.05, 0.1) is 19.0 Å². The van der Waals surface area contributed by atoms with Crippen LogP contribution in [-0.2, 0) is 4.79 Å². The van der Waals surface area contributed by atoms with Crippen LogP contribution in [0.15, 0.2) is 67.0 Å². The maximum Gasteiger partial charge on any atom is 0.247 e. The predicted molar refractivity (Wildman–Crippen MR) is 118 cm³/mol. The number of ether oxygens (including phenoxy) is 1. The van der Waals surface area contributed by atoms with Gasteiger partial charge in [-0.3, -0.25) is 9.69 Å². The number of benzene rings is 2. The fraction of sp³-hybridized carbons (Fsp3) is 0.360. The maximum atomic E-state index is 13.8. The molecule has 1 amide bonds. The molecule has 1 aromatic heterocycles. The Morgan fingerprint density at radius 2 is 1.94 bits per heavy atom. The summed E-state index contributed by atoms with van der Waals surface area (Å²) in [7, 11) is 1.66. The number of amides is 1. The lowest BCUT2D eigenvalue weighted by molar-refractivity contribution is -0.126. The molecular formula is C25H26N4O2. The summed E-state index contributed by atoms with van der Waals surface area (Å²) >= 11 is 0. The number of nitrogens with zero attached hydrogens (tertiary/aromatic N) is 4. The highest BCUT2D eigenvalue weighted by Crippen LogP contribution is 2.56. The molecule has 3 fully saturated rings. The molecule has 3 saturated heterocycles. The van der Waals surface area contributed by atoms with Gasteiger partial charge >= 0.3 is 0 Å². The zero-order valence-corrected chi connectivity index (χ0v) is 17.6. The monoisotopic (exact) mass is 414 g/mol. The van der Waals surface area contributed by atoms with Crippen molar-refractivity contribution in [1.82, 2.24) is 14.7 Å². The van der Waals surface area contributed by atoms with Crippen LogP contribution in [0.2, 0.25) is 0 Å². The molecule has 3 atom stereocenters. The van der Waals surface area contributed by atoms with Gasteiger partial charge in [-0.05, 0) is 50.1 Å². The zero-order chi connectivity index (χ0) is 21.0. The standard InChI is InChI=1S/C25H26N4O2/c1-31-22-10-5-9-21(14-22)27-17-19-13-23(28-12-6-11-25(19,28)24(27)30)18-15-26-29(16-18)20-7-3-2-4-8-20/h2-5,7-10,14-16,19,23H,6,11-13,17H2,1H3/t19-,23-,25-/m0/s1. The van der Waals surface area contributed by atoms with Gasteiger partial charge in [0.15, 0.2) is 0 Å². The molecule has 4 heterocycles. The van der Waals surface area contributed by atoms with Crippen molar-refractivity contribution in [3.8, 4) is 11.4 Å². The summed E-state index contributed by atoms with van der Waals surface area (Å²) in [6, 6.07) is 18.3. The van der Waals surface area contributed by atoms with Crippen LogP contribution in [0.5, 0.6) is 5.75 Å². The van der Waals surface area contributed by atoms with E-state index < -0.39 is 0 Å². The maximum absolute atomic E-state index is 13.8. The number of hydrogen-bond donors (Lipinski definition) is 0. The molecule has 0 N–H and O–H groups in total. The van der Waals surface area contributed by atoms with Crippen molar-refractivity contribution >= 4 is 11.6 Å². The molecule has 0 radical (unpaired) electrons. The number of methoxy groups -OCH3 is 1. The summed E-state index contributed by atoms with van der Waals surface area (Å²) in [6.45, 7) is 1.74. The highest BCUT2D eigenvalue weighted by Gasteiger charge is 2.65. The minimum Gasteiger partial charge on any atom is -0.497 e. The molecular weight excluding hydrogens is 388 g/mol. The topological polar surface area (TPSA) is 50.6 Å². The summed E-state index contributed by atoms with van der Waals surface area (Å²) in [5.41, 5.74) is 2.83. The summed E-state index contributed by atoms with van der Waals surface area (Å²) in [5.74, 6) is 1.37. The van der Waals surface area contributed by atoms with E-state index in [2.05, 4.69) is 28.3 Å². The van der Waals surface area contributed by atoms with E-state index >= 15 is 0 Å². The van der Waals surface area contributed by atoms with Crippen molar-refractivity contribution in [3.05, 3.63) is 72.6 Å². The lowest BCUT2D eigenvalue weighted by Crippen LogP contribution is -2.49. The van der Waals surface area contributed by atoms with Crippen LogP contribution in [0.1, 0.15) is 30.9 Å². The summed E-state index contributed by atoms with van der Waals surface area (Å²) in [6.07, 6.45) is 7.12. The second kappa shape index (κ2) is 6.95. The van der Waals surface area contributed by atoms with Crippen molar-refractivity contribution in [1.29, 1.82) is 0 Å². The van der Waals surface area contributed by atoms with E-state index in [-0.39, 0.29) is 17.5 Å². The number of para-hydroxylation sites is 1. The Morgan fingerprint density at radius 1 is 1.10 bits per heavy atom. The molecule has 6 rings (SSSR count). The van der Waals surface area contributed by atoms with Crippen molar-refractivity contribution in [3.63, 3.8) is 0 Å². The van der Waals surface area contributed by atoms with Gasteiger partial charge in [-0.15, -0.1) is 0 Å². The van der Waals surface area contributed by atoms with Crippen molar-refractivity contribution < 1.29 is 9.53 Å². The van der Waals surface area contributed by atoms with Crippen LogP contribution in [0.4, 0.5) is 5.69 Å². The average Bonchev–Trinajstić information content (AvgIpc) is 3.57. The first-order valence-corrected chi connectivity index (χ1v) is 11.0. The molecule has 0 unspecified atom stereocenters. The van der Waals surface area contributed by atoms with Gasteiger partial charge in [0, 0.05) is 42.0 Å². The normalized spacial score (nSPS) is 27.5. The summed E-state index contributed by atoms with van der Waals surface area (Å²) < 4.78 is 7.33. The Morgan fingerprint density at radius 3 is 2.77 bits per heavy atom. The third kappa shape index (κ3) is 2.67. The molecule has 3 aliphatic heterocycles. The van der Waals surface area contributed by atoms with Gasteiger partial charge in [0.25, 0.3) is 0 Å². The number of anilines is 1. The average molecular weight is 415 g/mol. The number of hydrogen-bond acceptors (Lipinski definition) is 4. The third-order valence-corrected chi connectivity index (χ3v) is 7.42. The smallest absolute Gasteiger partial charge is 0.247 e. The molecule has 31 heavy (non-hydrogen) atoms. The van der Waals surface area contributed by atoms with Crippen LogP contribution in [0.25, 0.3) is 5.69 Å². The highest BCUT2D eigenvalue weighted by atomic mass is 16.5. The van der Waals surface area contributed by atoms with E-state index in [1.807, 2.05) is 58.2 Å². The first-order chi connectivity index (χ1) is 15.2. The predicted octanol–water partition coefficient (Wildman–Crippen LogP) is 3.82. The van der Waals surface area contributed by atoms with Crippen LogP contribution in [-0.4, -0.2) is 46.3 Å². The first kappa shape index (κ1) is 18.6. The van der Waals surface area contributed by atoms with E-state index in [0.717, 1.165) is 49.5 Å². The van der Waals surface area contributed by atoms with Crippen LogP contribution in [0.3, 0.4) is 0 Å². The molecule has 6 nitrogen and oxygen atoms in total. The van der Waals surface area contributed by atoms with Crippen molar-refractivity contribution in [2.75, 3.05) is 25.1 Å². The van der Waals surface area contributed by atoms with Crippen LogP contribution < -0.4 is 9.64 Å². The fourth-order valence-electron chi connectivity index (χ4n) is 6.04. The molecule has 0 aliphatic carbocycles. The van der Waals surface area contributed by atoms with E-state index in [9.17, 15) is 4.79 Å². The van der Waals surface area contributed by atoms with Gasteiger partial charge < -0.3 is 9.64 Å². The SMILES string of the molecule is COc1cccc(N2C[C@@H]3C[C@@H](c4cnn(-c5ccccc5)c4)N4CCC[C@@]34C2=O)c1. The lowest BCUT2D eigenvalue weighted by atomic mass is 9.85. The van der Waals surface area contributed by atoms with E-state index in [1.165, 1.54) is 5.56 Å². The van der Waals surface area contributed by atoms with Crippen molar-refractivity contribution in [2.45, 2.75) is 30.8 Å².